The van der Waals surface area contributed by atoms with Gasteiger partial charge in [0.2, 0.25) is 5.91 Å². The van der Waals surface area contributed by atoms with E-state index < -0.39 is 11.9 Å². The number of rotatable bonds is 5. The van der Waals surface area contributed by atoms with Gasteiger partial charge in [-0.2, -0.15) is 13.2 Å². The van der Waals surface area contributed by atoms with E-state index in [1.807, 2.05) is 0 Å². The second-order valence-corrected chi connectivity index (χ2v) is 6.65. The first-order chi connectivity index (χ1) is 14.1. The summed E-state index contributed by atoms with van der Waals surface area (Å²) in [7, 11) is 3.14. The van der Waals surface area contributed by atoms with E-state index in [0.29, 0.717) is 30.8 Å². The summed E-state index contributed by atoms with van der Waals surface area (Å²) in [5.41, 5.74) is 12.3. The monoisotopic (exact) mass is 422 g/mol. The molecule has 10 heteroatoms. The van der Waals surface area contributed by atoms with Crippen molar-refractivity contribution >= 4 is 29.2 Å². The molecular formula is C20H25F3N6O. The second kappa shape index (κ2) is 9.47. The minimum Gasteiger partial charge on any atom is -0.394 e. The minimum atomic E-state index is -4.67. The predicted octanol–water partition coefficient (Wildman–Crippen LogP) is 2.33. The molecule has 0 fully saturated rings. The van der Waals surface area contributed by atoms with Crippen LogP contribution in [0.1, 0.15) is 18.9 Å². The third-order valence-corrected chi connectivity index (χ3v) is 4.68. The summed E-state index contributed by atoms with van der Waals surface area (Å²) in [6.07, 6.45) is -2.98. The Labute approximate surface area is 173 Å². The first-order valence-corrected chi connectivity index (χ1v) is 9.17. The molecule has 0 saturated carbocycles. The number of aliphatic imine (C=N–C) groups is 2. The van der Waals surface area contributed by atoms with Crippen molar-refractivity contribution in [3.63, 3.8) is 0 Å². The number of hydrogen-bond acceptors (Lipinski definition) is 5. The largest absolute Gasteiger partial charge is 0.431 e. The molecule has 1 amide bonds. The van der Waals surface area contributed by atoms with Crippen molar-refractivity contribution in [2.24, 2.45) is 21.5 Å². The van der Waals surface area contributed by atoms with Crippen LogP contribution in [0, 0.1) is 0 Å². The van der Waals surface area contributed by atoms with Gasteiger partial charge in [-0.3, -0.25) is 9.79 Å². The van der Waals surface area contributed by atoms with Crippen molar-refractivity contribution in [1.82, 2.24) is 10.2 Å². The summed E-state index contributed by atoms with van der Waals surface area (Å²) in [6.45, 7) is 2.41. The van der Waals surface area contributed by atoms with Gasteiger partial charge in [0.1, 0.15) is 11.5 Å². The molecular weight excluding hydrogens is 397 g/mol. The second-order valence-electron chi connectivity index (χ2n) is 6.65. The van der Waals surface area contributed by atoms with Gasteiger partial charge in [0.25, 0.3) is 0 Å². The zero-order chi connectivity index (χ0) is 22.5. The minimum absolute atomic E-state index is 0.0565. The Morgan fingerprint density at radius 3 is 2.37 bits per heavy atom. The lowest BCUT2D eigenvalue weighted by molar-refractivity contribution is -0.128. The topological polar surface area (TPSA) is 109 Å². The Bertz CT molecular complexity index is 913. The van der Waals surface area contributed by atoms with E-state index in [-0.39, 0.29) is 22.9 Å². The van der Waals surface area contributed by atoms with Gasteiger partial charge in [-0.1, -0.05) is 12.1 Å². The Morgan fingerprint density at radius 2 is 1.87 bits per heavy atom. The molecule has 162 valence electrons. The van der Waals surface area contributed by atoms with Gasteiger partial charge in [0, 0.05) is 57.0 Å². The Balaban J connectivity index is 2.37. The maximum absolute atomic E-state index is 13.0. The number of amidine groups is 1. The number of carbonyl (C=O) groups is 1. The van der Waals surface area contributed by atoms with Crippen LogP contribution in [0.25, 0.3) is 5.57 Å². The Morgan fingerprint density at radius 1 is 1.23 bits per heavy atom. The van der Waals surface area contributed by atoms with Crippen molar-refractivity contribution in [1.29, 1.82) is 0 Å². The quantitative estimate of drug-likeness (QED) is 0.500. The molecule has 0 radical (unpaired) electrons. The lowest BCUT2D eigenvalue weighted by Crippen LogP contribution is -2.40. The molecule has 0 unspecified atom stereocenters. The standard InChI is InChI=1S/C20H25F3N6O/c1-12(30)29-9-8-17(27-3)16(11-29)19(25)28-14-6-4-13(5-7-14)15(10-26-2)18(24)20(21,22)23/h4-7,10,27H,8-9,11,24H2,1-3H3,(H2,25,28). The van der Waals surface area contributed by atoms with Crippen LogP contribution in [-0.4, -0.2) is 56.2 Å². The number of benzene rings is 1. The lowest BCUT2D eigenvalue weighted by atomic mass is 10.0. The maximum Gasteiger partial charge on any atom is 0.431 e. The molecule has 1 aliphatic heterocycles. The van der Waals surface area contributed by atoms with Crippen LogP contribution in [-0.2, 0) is 4.79 Å². The molecule has 0 bridgehead atoms. The van der Waals surface area contributed by atoms with Crippen LogP contribution in [0.4, 0.5) is 18.9 Å². The molecule has 1 aliphatic rings. The molecule has 0 aromatic heterocycles. The summed E-state index contributed by atoms with van der Waals surface area (Å²) >= 11 is 0. The highest BCUT2D eigenvalue weighted by Crippen LogP contribution is 2.29. The van der Waals surface area contributed by atoms with Crippen LogP contribution in [0.5, 0.6) is 0 Å². The number of nitrogens with one attached hydrogen (secondary N) is 1. The fourth-order valence-electron chi connectivity index (χ4n) is 3.05. The molecule has 0 aliphatic carbocycles. The molecule has 2 rings (SSSR count). The summed E-state index contributed by atoms with van der Waals surface area (Å²) in [6, 6.07) is 6.02. The van der Waals surface area contributed by atoms with Crippen molar-refractivity contribution in [3.8, 4) is 0 Å². The maximum atomic E-state index is 13.0. The number of halogens is 3. The van der Waals surface area contributed by atoms with E-state index in [4.69, 9.17) is 11.5 Å². The van der Waals surface area contributed by atoms with Gasteiger partial charge in [-0.05, 0) is 17.7 Å². The summed E-state index contributed by atoms with van der Waals surface area (Å²) in [5.74, 6) is 0.178. The number of carbonyl (C=O) groups excluding carboxylic acids is 1. The van der Waals surface area contributed by atoms with Crippen LogP contribution < -0.4 is 16.8 Å². The summed E-state index contributed by atoms with van der Waals surface area (Å²) in [4.78, 5) is 21.4. The highest BCUT2D eigenvalue weighted by molar-refractivity contribution is 6.11. The van der Waals surface area contributed by atoms with E-state index in [0.717, 1.165) is 11.9 Å². The smallest absolute Gasteiger partial charge is 0.394 e. The van der Waals surface area contributed by atoms with Gasteiger partial charge >= 0.3 is 6.18 Å². The van der Waals surface area contributed by atoms with E-state index in [2.05, 4.69) is 15.3 Å². The van der Waals surface area contributed by atoms with Crippen LogP contribution in [0.2, 0.25) is 0 Å². The molecule has 7 nitrogen and oxygen atoms in total. The van der Waals surface area contributed by atoms with Gasteiger partial charge < -0.3 is 21.7 Å². The van der Waals surface area contributed by atoms with E-state index >= 15 is 0 Å². The number of allylic oxidation sites excluding steroid dienone is 2. The van der Waals surface area contributed by atoms with E-state index in [1.165, 1.54) is 26.1 Å². The van der Waals surface area contributed by atoms with Crippen molar-refractivity contribution in [2.45, 2.75) is 19.5 Å². The zero-order valence-corrected chi connectivity index (χ0v) is 17.0. The van der Waals surface area contributed by atoms with Crippen LogP contribution in [0.15, 0.2) is 51.2 Å². The first-order valence-electron chi connectivity index (χ1n) is 9.17. The number of nitrogens with two attached hydrogens (primary N) is 2. The fraction of sp³-hybridized carbons (Fsp3) is 0.350. The van der Waals surface area contributed by atoms with Gasteiger partial charge in [0.15, 0.2) is 0 Å². The lowest BCUT2D eigenvalue weighted by Gasteiger charge is -2.29. The van der Waals surface area contributed by atoms with Crippen molar-refractivity contribution in [3.05, 3.63) is 46.8 Å². The van der Waals surface area contributed by atoms with Gasteiger partial charge in [-0.25, -0.2) is 4.99 Å². The normalized spacial score (nSPS) is 16.7. The van der Waals surface area contributed by atoms with Crippen LogP contribution >= 0.6 is 0 Å². The fourth-order valence-corrected chi connectivity index (χ4v) is 3.05. The highest BCUT2D eigenvalue weighted by atomic mass is 19.4. The average Bonchev–Trinajstić information content (AvgIpc) is 2.71. The predicted molar refractivity (Wildman–Crippen MR) is 112 cm³/mol. The molecule has 1 aromatic carbocycles. The van der Waals surface area contributed by atoms with Crippen molar-refractivity contribution < 1.29 is 18.0 Å². The molecule has 0 spiro atoms. The highest BCUT2D eigenvalue weighted by Gasteiger charge is 2.34. The number of amides is 1. The molecule has 1 heterocycles. The van der Waals surface area contributed by atoms with Crippen LogP contribution in [0.3, 0.4) is 0 Å². The molecule has 1 aromatic rings. The number of hydrogen-bond donors (Lipinski definition) is 3. The molecule has 30 heavy (non-hydrogen) atoms. The SMILES string of the molecule is CN=CC(=C(N)C(F)(F)F)c1ccc(N=C(N)C2=C(NC)CCN(C(C)=O)C2)cc1. The third kappa shape index (κ3) is 5.40. The van der Waals surface area contributed by atoms with Gasteiger partial charge in [0.05, 0.1) is 12.2 Å². The van der Waals surface area contributed by atoms with Crippen molar-refractivity contribution in [2.75, 3.05) is 27.2 Å². The summed E-state index contributed by atoms with van der Waals surface area (Å²) in [5, 5.41) is 3.08. The number of alkyl halides is 3. The number of nitrogens with zero attached hydrogens (tertiary/aromatic N) is 3. The third-order valence-electron chi connectivity index (χ3n) is 4.68. The Kier molecular flexibility index (Phi) is 7.25. The van der Waals surface area contributed by atoms with E-state index in [1.54, 1.807) is 24.1 Å². The molecule has 0 saturated heterocycles. The molecule has 5 N–H and O–H groups in total. The first kappa shape index (κ1) is 23.0. The Hall–Kier alpha value is -3.30. The zero-order valence-electron chi connectivity index (χ0n) is 17.0. The average molecular weight is 422 g/mol. The van der Waals surface area contributed by atoms with Gasteiger partial charge in [-0.15, -0.1) is 0 Å². The molecule has 0 atom stereocenters. The summed E-state index contributed by atoms with van der Waals surface area (Å²) < 4.78 is 39.0. The van der Waals surface area contributed by atoms with E-state index in [9.17, 15) is 18.0 Å².